The van der Waals surface area contributed by atoms with Crippen LogP contribution in [0, 0.1) is 11.3 Å². The number of nitrogens with zero attached hydrogens (tertiary/aromatic N) is 3. The number of hydrogen-bond donors (Lipinski definition) is 1. The molecule has 0 fully saturated rings. The molecule has 3 rings (SSSR count). The third-order valence-corrected chi connectivity index (χ3v) is 5.28. The topological polar surface area (TPSA) is 70.7 Å². The second-order valence-corrected chi connectivity index (χ2v) is 6.73. The van der Waals surface area contributed by atoms with Gasteiger partial charge < -0.3 is 5.32 Å². The molecule has 0 atom stereocenters. The minimum atomic E-state index is -0.190. The fourth-order valence-corrected chi connectivity index (χ4v) is 4.36. The molecule has 5 nitrogen and oxygen atoms in total. The van der Waals surface area contributed by atoms with Gasteiger partial charge in [-0.25, -0.2) is 0 Å². The number of nitrogens with one attached hydrogen (secondary N) is 1. The van der Waals surface area contributed by atoms with E-state index in [1.54, 1.807) is 24.6 Å². The van der Waals surface area contributed by atoms with Crippen molar-refractivity contribution in [3.05, 3.63) is 33.1 Å². The molecule has 0 saturated heterocycles. The molecule has 102 valence electrons. The molecule has 0 aromatic carbocycles. The molecule has 2 aromatic rings. The minimum absolute atomic E-state index is 0.190. The maximum absolute atomic E-state index is 12.2. The van der Waals surface area contributed by atoms with Gasteiger partial charge in [-0.3, -0.25) is 9.48 Å². The molecular weight excluding hydrogens is 292 g/mol. The van der Waals surface area contributed by atoms with E-state index in [1.807, 2.05) is 23.9 Å². The Labute approximate surface area is 124 Å². The SMILES string of the molecule is Cn1cc(C#N)c(NC(=O)c2cc3c(s2)CCSC3)n1. The quantitative estimate of drug-likeness (QED) is 0.925. The van der Waals surface area contributed by atoms with Crippen molar-refractivity contribution in [3.8, 4) is 6.07 Å². The lowest BCUT2D eigenvalue weighted by atomic mass is 10.2. The summed E-state index contributed by atoms with van der Waals surface area (Å²) < 4.78 is 1.52. The molecule has 0 saturated carbocycles. The fourth-order valence-electron chi connectivity index (χ4n) is 2.09. The Hall–Kier alpha value is -1.78. The Morgan fingerprint density at radius 1 is 1.60 bits per heavy atom. The Kier molecular flexibility index (Phi) is 3.51. The molecule has 0 aliphatic carbocycles. The van der Waals surface area contributed by atoms with Crippen molar-refractivity contribution in [1.29, 1.82) is 5.26 Å². The van der Waals surface area contributed by atoms with E-state index in [2.05, 4.69) is 10.4 Å². The third-order valence-electron chi connectivity index (χ3n) is 3.03. The van der Waals surface area contributed by atoms with Crippen LogP contribution in [0.4, 0.5) is 5.82 Å². The number of aryl methyl sites for hydroxylation is 2. The van der Waals surface area contributed by atoms with Gasteiger partial charge in [0.15, 0.2) is 5.82 Å². The average Bonchev–Trinajstić information content (AvgIpc) is 3.01. The number of aromatic nitrogens is 2. The van der Waals surface area contributed by atoms with Crippen LogP contribution in [0.5, 0.6) is 0 Å². The lowest BCUT2D eigenvalue weighted by molar-refractivity contribution is 0.103. The van der Waals surface area contributed by atoms with Crippen molar-refractivity contribution < 1.29 is 4.79 Å². The third kappa shape index (κ3) is 2.44. The van der Waals surface area contributed by atoms with Gasteiger partial charge >= 0.3 is 0 Å². The molecule has 1 aliphatic rings. The summed E-state index contributed by atoms with van der Waals surface area (Å²) in [5.41, 5.74) is 1.63. The van der Waals surface area contributed by atoms with Crippen LogP contribution in [0.15, 0.2) is 12.3 Å². The van der Waals surface area contributed by atoms with Crippen LogP contribution in [0.2, 0.25) is 0 Å². The van der Waals surface area contributed by atoms with Crippen molar-refractivity contribution in [2.24, 2.45) is 7.05 Å². The fraction of sp³-hybridized carbons (Fsp3) is 0.308. The Morgan fingerprint density at radius 2 is 2.45 bits per heavy atom. The Morgan fingerprint density at radius 3 is 3.20 bits per heavy atom. The molecule has 7 heteroatoms. The summed E-state index contributed by atoms with van der Waals surface area (Å²) in [6.07, 6.45) is 2.62. The highest BCUT2D eigenvalue weighted by Gasteiger charge is 2.19. The first-order valence-electron chi connectivity index (χ1n) is 6.12. The second-order valence-electron chi connectivity index (χ2n) is 4.49. The van der Waals surface area contributed by atoms with Crippen LogP contribution in [-0.4, -0.2) is 21.4 Å². The first-order chi connectivity index (χ1) is 9.67. The average molecular weight is 304 g/mol. The predicted molar refractivity (Wildman–Crippen MR) is 80.1 cm³/mol. The highest BCUT2D eigenvalue weighted by atomic mass is 32.2. The van der Waals surface area contributed by atoms with Crippen molar-refractivity contribution in [2.45, 2.75) is 12.2 Å². The van der Waals surface area contributed by atoms with Crippen molar-refractivity contribution in [2.75, 3.05) is 11.1 Å². The smallest absolute Gasteiger partial charge is 0.266 e. The zero-order valence-electron chi connectivity index (χ0n) is 10.8. The van der Waals surface area contributed by atoms with E-state index in [-0.39, 0.29) is 5.91 Å². The summed E-state index contributed by atoms with van der Waals surface area (Å²) in [5, 5.41) is 15.8. The highest BCUT2D eigenvalue weighted by Crippen LogP contribution is 2.32. The van der Waals surface area contributed by atoms with Crippen molar-refractivity contribution in [1.82, 2.24) is 9.78 Å². The Balaban J connectivity index is 1.82. The van der Waals surface area contributed by atoms with Crippen LogP contribution < -0.4 is 5.32 Å². The Bertz CT molecular complexity index is 687. The molecule has 0 bridgehead atoms. The number of hydrogen-bond acceptors (Lipinski definition) is 5. The second kappa shape index (κ2) is 5.31. The number of nitriles is 1. The standard InChI is InChI=1S/C13H12N4OS2/c1-17-6-9(5-14)12(16-17)15-13(18)11-4-8-7-19-3-2-10(8)20-11/h4,6H,2-3,7H2,1H3,(H,15,16,18). The first kappa shape index (κ1) is 13.2. The van der Waals surface area contributed by atoms with Gasteiger partial charge in [0.2, 0.25) is 0 Å². The number of carbonyl (C=O) groups excluding carboxylic acids is 1. The lowest BCUT2D eigenvalue weighted by Crippen LogP contribution is -2.11. The van der Waals surface area contributed by atoms with E-state index in [0.717, 1.165) is 17.9 Å². The van der Waals surface area contributed by atoms with E-state index in [1.165, 1.54) is 15.1 Å². The summed E-state index contributed by atoms with van der Waals surface area (Å²) in [6, 6.07) is 3.98. The van der Waals surface area contributed by atoms with Crippen LogP contribution in [0.3, 0.4) is 0 Å². The monoisotopic (exact) mass is 304 g/mol. The van der Waals surface area contributed by atoms with Gasteiger partial charge in [-0.1, -0.05) is 0 Å². The molecule has 0 unspecified atom stereocenters. The summed E-state index contributed by atoms with van der Waals surface area (Å²) >= 11 is 3.43. The van der Waals surface area contributed by atoms with E-state index in [0.29, 0.717) is 16.3 Å². The molecule has 20 heavy (non-hydrogen) atoms. The van der Waals surface area contributed by atoms with Crippen molar-refractivity contribution >= 4 is 34.8 Å². The summed E-state index contributed by atoms with van der Waals surface area (Å²) in [7, 11) is 1.72. The van der Waals surface area contributed by atoms with Crippen LogP contribution in [-0.2, 0) is 19.2 Å². The highest BCUT2D eigenvalue weighted by molar-refractivity contribution is 7.98. The van der Waals surface area contributed by atoms with Crippen LogP contribution in [0.25, 0.3) is 0 Å². The molecule has 0 radical (unpaired) electrons. The molecule has 0 spiro atoms. The normalized spacial score (nSPS) is 13.6. The van der Waals surface area contributed by atoms with Gasteiger partial charge in [-0.2, -0.15) is 22.1 Å². The van der Waals surface area contributed by atoms with E-state index in [4.69, 9.17) is 5.26 Å². The molecule has 2 aromatic heterocycles. The number of rotatable bonds is 2. The molecule has 1 aliphatic heterocycles. The van der Waals surface area contributed by atoms with Crippen LogP contribution in [0.1, 0.15) is 25.7 Å². The number of amides is 1. The van der Waals surface area contributed by atoms with Crippen LogP contribution >= 0.6 is 23.1 Å². The van der Waals surface area contributed by atoms with Gasteiger partial charge in [0.1, 0.15) is 11.6 Å². The van der Waals surface area contributed by atoms with Gasteiger partial charge in [0, 0.05) is 23.9 Å². The van der Waals surface area contributed by atoms with E-state index in [9.17, 15) is 4.79 Å². The van der Waals surface area contributed by atoms with Crippen molar-refractivity contribution in [3.63, 3.8) is 0 Å². The van der Waals surface area contributed by atoms with Gasteiger partial charge in [0.05, 0.1) is 4.88 Å². The number of fused-ring (bicyclic) bond motifs is 1. The maximum Gasteiger partial charge on any atom is 0.266 e. The number of carbonyl (C=O) groups is 1. The minimum Gasteiger partial charge on any atom is -0.303 e. The first-order valence-corrected chi connectivity index (χ1v) is 8.09. The summed E-state index contributed by atoms with van der Waals surface area (Å²) in [4.78, 5) is 14.2. The predicted octanol–water partition coefficient (Wildman–Crippen LogP) is 2.39. The molecule has 1 N–H and O–H groups in total. The van der Waals surface area contributed by atoms with Gasteiger partial charge in [-0.05, 0) is 23.8 Å². The maximum atomic E-state index is 12.2. The summed E-state index contributed by atoms with van der Waals surface area (Å²) in [5.74, 6) is 2.23. The van der Waals surface area contributed by atoms with E-state index >= 15 is 0 Å². The zero-order valence-corrected chi connectivity index (χ0v) is 12.5. The number of anilines is 1. The zero-order chi connectivity index (χ0) is 14.1. The van der Waals surface area contributed by atoms with Gasteiger partial charge in [-0.15, -0.1) is 11.3 Å². The number of thiophene rings is 1. The molecule has 1 amide bonds. The summed E-state index contributed by atoms with van der Waals surface area (Å²) in [6.45, 7) is 0. The van der Waals surface area contributed by atoms with E-state index < -0.39 is 0 Å². The lowest BCUT2D eigenvalue weighted by Gasteiger charge is -2.08. The largest absolute Gasteiger partial charge is 0.303 e. The number of thioether (sulfide) groups is 1. The van der Waals surface area contributed by atoms with Gasteiger partial charge in [0.25, 0.3) is 5.91 Å². The molecule has 3 heterocycles. The molecular formula is C13H12N4OS2.